The number of hydrogen-bond acceptors (Lipinski definition) is 2. The maximum Gasteiger partial charge on any atom is 0.0991 e. The molecule has 1 aliphatic heterocycles. The fourth-order valence-electron chi connectivity index (χ4n) is 3.10. The second-order valence-corrected chi connectivity index (χ2v) is 5.48. The normalized spacial score (nSPS) is 16.2. The first kappa shape index (κ1) is 12.9. The number of benzene rings is 2. The fourth-order valence-corrected chi connectivity index (χ4v) is 3.10. The van der Waals surface area contributed by atoms with Crippen LogP contribution in [0.25, 0.3) is 5.69 Å². The van der Waals surface area contributed by atoms with E-state index in [0.29, 0.717) is 5.56 Å². The molecule has 0 aliphatic carbocycles. The molecule has 1 aliphatic rings. The van der Waals surface area contributed by atoms with Gasteiger partial charge in [-0.05, 0) is 41.5 Å². The first-order chi connectivity index (χ1) is 10.9. The molecule has 0 radical (unpaired) electrons. The number of hydrogen-bond donors (Lipinski definition) is 1. The standard InChI is InChI=1S/C19H15N3/c20-12-14-7-9-15(10-8-14)19-18-6-3-11-22(18)17-5-2-1-4-16(17)13-21-19/h1-11,19,21H,13H2/t19-/m1/s1. The van der Waals surface area contributed by atoms with Crippen LogP contribution in [0.3, 0.4) is 0 Å². The molecule has 0 unspecified atom stereocenters. The van der Waals surface area contributed by atoms with Gasteiger partial charge in [0.2, 0.25) is 0 Å². The lowest BCUT2D eigenvalue weighted by molar-refractivity contribution is 0.601. The van der Waals surface area contributed by atoms with Gasteiger partial charge in [0.1, 0.15) is 0 Å². The van der Waals surface area contributed by atoms with E-state index in [0.717, 1.165) is 6.54 Å². The van der Waals surface area contributed by atoms with E-state index in [1.165, 1.54) is 22.5 Å². The van der Waals surface area contributed by atoms with E-state index in [9.17, 15) is 0 Å². The number of nitrogens with one attached hydrogen (secondary N) is 1. The van der Waals surface area contributed by atoms with Crippen molar-refractivity contribution in [2.24, 2.45) is 0 Å². The summed E-state index contributed by atoms with van der Waals surface area (Å²) in [4.78, 5) is 0. The lowest BCUT2D eigenvalue weighted by Gasteiger charge is -2.18. The molecule has 22 heavy (non-hydrogen) atoms. The maximum absolute atomic E-state index is 8.96. The summed E-state index contributed by atoms with van der Waals surface area (Å²) in [6.45, 7) is 0.822. The van der Waals surface area contributed by atoms with Gasteiger partial charge < -0.3 is 9.88 Å². The number of para-hydroxylation sites is 1. The smallest absolute Gasteiger partial charge is 0.0991 e. The average Bonchev–Trinajstić information content (AvgIpc) is 3.00. The maximum atomic E-state index is 8.96. The molecule has 3 nitrogen and oxygen atoms in total. The Morgan fingerprint density at radius 1 is 1.00 bits per heavy atom. The number of rotatable bonds is 1. The second kappa shape index (κ2) is 5.18. The molecule has 1 atom stereocenters. The molecule has 0 fully saturated rings. The fraction of sp³-hybridized carbons (Fsp3) is 0.105. The molecular weight excluding hydrogens is 270 g/mol. The molecule has 1 N–H and O–H groups in total. The summed E-state index contributed by atoms with van der Waals surface area (Å²) in [5, 5.41) is 12.6. The minimum Gasteiger partial charge on any atom is -0.319 e. The van der Waals surface area contributed by atoms with Gasteiger partial charge in [0.25, 0.3) is 0 Å². The quantitative estimate of drug-likeness (QED) is 0.743. The molecule has 0 saturated heterocycles. The third-order valence-corrected chi connectivity index (χ3v) is 4.20. The van der Waals surface area contributed by atoms with E-state index in [1.807, 2.05) is 24.3 Å². The summed E-state index contributed by atoms with van der Waals surface area (Å²) in [7, 11) is 0. The third kappa shape index (κ3) is 2.02. The van der Waals surface area contributed by atoms with E-state index in [2.05, 4.69) is 58.5 Å². The van der Waals surface area contributed by atoms with Gasteiger partial charge in [-0.2, -0.15) is 5.26 Å². The molecule has 2 aromatic carbocycles. The van der Waals surface area contributed by atoms with Crippen LogP contribution in [0.2, 0.25) is 0 Å². The summed E-state index contributed by atoms with van der Waals surface area (Å²) in [5.41, 5.74) is 5.60. The van der Waals surface area contributed by atoms with Crippen LogP contribution in [0.1, 0.15) is 28.4 Å². The van der Waals surface area contributed by atoms with Gasteiger partial charge in [-0.3, -0.25) is 0 Å². The summed E-state index contributed by atoms with van der Waals surface area (Å²) in [5.74, 6) is 0. The predicted octanol–water partition coefficient (Wildman–Crippen LogP) is 3.54. The van der Waals surface area contributed by atoms with Crippen molar-refractivity contribution in [1.29, 1.82) is 5.26 Å². The van der Waals surface area contributed by atoms with Crippen LogP contribution in [0.4, 0.5) is 0 Å². The van der Waals surface area contributed by atoms with Gasteiger partial charge in [-0.25, -0.2) is 0 Å². The molecule has 0 saturated carbocycles. The Hall–Kier alpha value is -2.83. The van der Waals surface area contributed by atoms with Crippen molar-refractivity contribution in [2.45, 2.75) is 12.6 Å². The van der Waals surface area contributed by atoms with Crippen molar-refractivity contribution in [1.82, 2.24) is 9.88 Å². The number of aromatic nitrogens is 1. The van der Waals surface area contributed by atoms with Crippen molar-refractivity contribution >= 4 is 0 Å². The molecule has 3 aromatic rings. The predicted molar refractivity (Wildman–Crippen MR) is 85.6 cm³/mol. The molecule has 4 rings (SSSR count). The highest BCUT2D eigenvalue weighted by atomic mass is 15.1. The summed E-state index contributed by atoms with van der Waals surface area (Å²) < 4.78 is 2.25. The zero-order chi connectivity index (χ0) is 14.9. The Morgan fingerprint density at radius 2 is 1.82 bits per heavy atom. The SMILES string of the molecule is N#Cc1ccc([C@H]2NCc3ccccc3-n3cccc32)cc1. The molecule has 0 amide bonds. The van der Waals surface area contributed by atoms with Crippen LogP contribution in [0.15, 0.2) is 66.9 Å². The molecular formula is C19H15N3. The van der Waals surface area contributed by atoms with E-state index < -0.39 is 0 Å². The third-order valence-electron chi connectivity index (χ3n) is 4.20. The van der Waals surface area contributed by atoms with Crippen molar-refractivity contribution in [3.8, 4) is 11.8 Å². The van der Waals surface area contributed by atoms with Crippen LogP contribution in [0, 0.1) is 11.3 Å². The highest BCUT2D eigenvalue weighted by Gasteiger charge is 2.22. The van der Waals surface area contributed by atoms with E-state index in [1.54, 1.807) is 0 Å². The highest BCUT2D eigenvalue weighted by molar-refractivity contribution is 5.47. The summed E-state index contributed by atoms with van der Waals surface area (Å²) in [6, 6.07) is 22.8. The molecule has 3 heteroatoms. The van der Waals surface area contributed by atoms with Gasteiger partial charge in [0, 0.05) is 24.1 Å². The van der Waals surface area contributed by atoms with Crippen molar-refractivity contribution in [3.63, 3.8) is 0 Å². The summed E-state index contributed by atoms with van der Waals surface area (Å²) >= 11 is 0. The topological polar surface area (TPSA) is 40.8 Å². The molecule has 2 heterocycles. The number of nitrogens with zero attached hydrogens (tertiary/aromatic N) is 2. The first-order valence-corrected chi connectivity index (χ1v) is 7.36. The molecule has 0 spiro atoms. The number of fused-ring (bicyclic) bond motifs is 3. The van der Waals surface area contributed by atoms with Crippen LogP contribution < -0.4 is 5.32 Å². The zero-order valence-corrected chi connectivity index (χ0v) is 12.0. The Balaban J connectivity index is 1.82. The van der Waals surface area contributed by atoms with Crippen molar-refractivity contribution in [3.05, 3.63) is 89.2 Å². The Labute approximate surface area is 129 Å². The first-order valence-electron chi connectivity index (χ1n) is 7.36. The van der Waals surface area contributed by atoms with E-state index in [4.69, 9.17) is 5.26 Å². The zero-order valence-electron chi connectivity index (χ0n) is 12.0. The van der Waals surface area contributed by atoms with Crippen LogP contribution >= 0.6 is 0 Å². The van der Waals surface area contributed by atoms with Crippen LogP contribution in [-0.4, -0.2) is 4.57 Å². The summed E-state index contributed by atoms with van der Waals surface area (Å²) in [6.07, 6.45) is 2.11. The van der Waals surface area contributed by atoms with Crippen molar-refractivity contribution in [2.75, 3.05) is 0 Å². The van der Waals surface area contributed by atoms with Gasteiger partial charge in [0.15, 0.2) is 0 Å². The number of nitriles is 1. The van der Waals surface area contributed by atoms with Gasteiger partial charge in [-0.15, -0.1) is 0 Å². The largest absolute Gasteiger partial charge is 0.319 e. The Bertz CT molecular complexity index is 853. The van der Waals surface area contributed by atoms with E-state index in [-0.39, 0.29) is 6.04 Å². The molecule has 0 bridgehead atoms. The van der Waals surface area contributed by atoms with Crippen molar-refractivity contribution < 1.29 is 0 Å². The lowest BCUT2D eigenvalue weighted by Crippen LogP contribution is -2.21. The monoisotopic (exact) mass is 285 g/mol. The molecule has 1 aromatic heterocycles. The highest BCUT2D eigenvalue weighted by Crippen LogP contribution is 2.30. The van der Waals surface area contributed by atoms with Crippen LogP contribution in [-0.2, 0) is 6.54 Å². The van der Waals surface area contributed by atoms with Gasteiger partial charge in [-0.1, -0.05) is 30.3 Å². The Kier molecular flexibility index (Phi) is 3.03. The molecule has 106 valence electrons. The average molecular weight is 285 g/mol. The minimum atomic E-state index is 0.121. The Morgan fingerprint density at radius 3 is 2.64 bits per heavy atom. The lowest BCUT2D eigenvalue weighted by atomic mass is 10.0. The van der Waals surface area contributed by atoms with Crippen LogP contribution in [0.5, 0.6) is 0 Å². The minimum absolute atomic E-state index is 0.121. The second-order valence-electron chi connectivity index (χ2n) is 5.48. The van der Waals surface area contributed by atoms with Gasteiger partial charge in [0.05, 0.1) is 17.7 Å². The van der Waals surface area contributed by atoms with Gasteiger partial charge >= 0.3 is 0 Å². The van der Waals surface area contributed by atoms with E-state index >= 15 is 0 Å².